The molecule has 1 aliphatic rings. The largest absolute Gasteiger partial charge is 0.473 e. The molecule has 1 atom stereocenters. The predicted octanol–water partition coefficient (Wildman–Crippen LogP) is 2.08. The topological polar surface area (TPSA) is 42.4 Å². The van der Waals surface area contributed by atoms with E-state index in [1.54, 1.807) is 7.11 Å². The summed E-state index contributed by atoms with van der Waals surface area (Å²) in [6, 6.07) is 0. The Labute approximate surface area is 87.1 Å². The lowest BCUT2D eigenvalue weighted by atomic mass is 9.89. The van der Waals surface area contributed by atoms with Crippen molar-refractivity contribution in [3.8, 4) is 5.19 Å². The van der Waals surface area contributed by atoms with Crippen LogP contribution >= 0.6 is 11.3 Å². The van der Waals surface area contributed by atoms with E-state index in [0.29, 0.717) is 10.9 Å². The predicted molar refractivity (Wildman–Crippen MR) is 55.6 cm³/mol. The van der Waals surface area contributed by atoms with E-state index in [2.05, 4.69) is 4.98 Å². The summed E-state index contributed by atoms with van der Waals surface area (Å²) in [5, 5.41) is 12.7. The number of aliphatic hydroxyl groups is 1. The van der Waals surface area contributed by atoms with Crippen molar-refractivity contribution in [1.82, 2.24) is 4.98 Å². The van der Waals surface area contributed by atoms with Gasteiger partial charge < -0.3 is 9.84 Å². The number of nitrogens with zero attached hydrogens (tertiary/aromatic N) is 1. The molecule has 76 valence electrons. The third-order valence-corrected chi connectivity index (χ3v) is 3.22. The smallest absolute Gasteiger partial charge is 0.273 e. The van der Waals surface area contributed by atoms with Crippen molar-refractivity contribution < 1.29 is 9.84 Å². The standard InChI is InChI=1S/C10H13NO2S/c1-13-9-11-8(7-14-9)10(12)5-3-2-4-6-10/h3,5,7,12H,2,4,6H2,1H3. The van der Waals surface area contributed by atoms with Crippen LogP contribution in [0.1, 0.15) is 25.0 Å². The zero-order chi connectivity index (χ0) is 10.0. The van der Waals surface area contributed by atoms with Crippen LogP contribution in [0.4, 0.5) is 0 Å². The highest BCUT2D eigenvalue weighted by Crippen LogP contribution is 2.34. The van der Waals surface area contributed by atoms with E-state index in [0.717, 1.165) is 19.3 Å². The molecule has 0 radical (unpaired) electrons. The van der Waals surface area contributed by atoms with Crippen LogP contribution in [0.2, 0.25) is 0 Å². The SMILES string of the molecule is COc1nc(C2(O)C=CCCC2)cs1. The van der Waals surface area contributed by atoms with E-state index in [1.807, 2.05) is 17.5 Å². The Morgan fingerprint density at radius 3 is 3.07 bits per heavy atom. The molecule has 1 unspecified atom stereocenters. The third kappa shape index (κ3) is 1.67. The molecule has 4 heteroatoms. The van der Waals surface area contributed by atoms with Crippen LogP contribution < -0.4 is 4.74 Å². The van der Waals surface area contributed by atoms with E-state index >= 15 is 0 Å². The van der Waals surface area contributed by atoms with Crippen LogP contribution in [0.3, 0.4) is 0 Å². The van der Waals surface area contributed by atoms with E-state index < -0.39 is 5.60 Å². The first-order valence-corrected chi connectivity index (χ1v) is 5.53. The second-order valence-electron chi connectivity index (χ2n) is 3.42. The number of hydrogen-bond acceptors (Lipinski definition) is 4. The Balaban J connectivity index is 2.28. The van der Waals surface area contributed by atoms with E-state index in [4.69, 9.17) is 4.74 Å². The minimum Gasteiger partial charge on any atom is -0.473 e. The molecule has 0 bridgehead atoms. The van der Waals surface area contributed by atoms with Gasteiger partial charge in [-0.05, 0) is 19.3 Å². The summed E-state index contributed by atoms with van der Waals surface area (Å²) in [5.41, 5.74) is -0.166. The van der Waals surface area contributed by atoms with Gasteiger partial charge >= 0.3 is 0 Å². The molecule has 0 aliphatic heterocycles. The van der Waals surface area contributed by atoms with Gasteiger partial charge in [-0.25, -0.2) is 4.98 Å². The Morgan fingerprint density at radius 2 is 2.50 bits per heavy atom. The zero-order valence-electron chi connectivity index (χ0n) is 8.06. The Morgan fingerprint density at radius 1 is 1.64 bits per heavy atom. The van der Waals surface area contributed by atoms with Crippen LogP contribution in [0, 0.1) is 0 Å². The fourth-order valence-electron chi connectivity index (χ4n) is 1.61. The van der Waals surface area contributed by atoms with Gasteiger partial charge in [-0.15, -0.1) is 0 Å². The molecular weight excluding hydrogens is 198 g/mol. The quantitative estimate of drug-likeness (QED) is 0.761. The minimum absolute atomic E-state index is 0.604. The second kappa shape index (κ2) is 3.71. The van der Waals surface area contributed by atoms with Crippen molar-refractivity contribution in [2.75, 3.05) is 7.11 Å². The minimum atomic E-state index is -0.870. The van der Waals surface area contributed by atoms with Gasteiger partial charge in [-0.2, -0.15) is 0 Å². The van der Waals surface area contributed by atoms with Crippen LogP contribution in [-0.4, -0.2) is 17.2 Å². The van der Waals surface area contributed by atoms with Crippen LogP contribution in [0.25, 0.3) is 0 Å². The second-order valence-corrected chi connectivity index (χ2v) is 4.24. The van der Waals surface area contributed by atoms with Crippen molar-refractivity contribution in [2.45, 2.75) is 24.9 Å². The Hall–Kier alpha value is -0.870. The molecule has 2 rings (SSSR count). The van der Waals surface area contributed by atoms with Gasteiger partial charge in [0.2, 0.25) is 0 Å². The third-order valence-electron chi connectivity index (χ3n) is 2.42. The summed E-state index contributed by atoms with van der Waals surface area (Å²) in [5.74, 6) is 0. The lowest BCUT2D eigenvalue weighted by Crippen LogP contribution is -2.25. The summed E-state index contributed by atoms with van der Waals surface area (Å²) in [6.07, 6.45) is 6.65. The Bertz CT molecular complexity index is 348. The lowest BCUT2D eigenvalue weighted by Gasteiger charge is -2.25. The highest BCUT2D eigenvalue weighted by molar-refractivity contribution is 7.11. The fraction of sp³-hybridized carbons (Fsp3) is 0.500. The molecule has 1 aromatic rings. The number of ether oxygens (including phenoxy) is 1. The molecule has 14 heavy (non-hydrogen) atoms. The van der Waals surface area contributed by atoms with Crippen molar-refractivity contribution in [2.24, 2.45) is 0 Å². The first kappa shape index (κ1) is 9.68. The maximum Gasteiger partial charge on any atom is 0.273 e. The molecule has 0 saturated heterocycles. The van der Waals surface area contributed by atoms with Crippen LogP contribution in [0.5, 0.6) is 5.19 Å². The summed E-state index contributed by atoms with van der Waals surface area (Å²) >= 11 is 1.41. The Kier molecular flexibility index (Phi) is 2.56. The van der Waals surface area contributed by atoms with Gasteiger partial charge in [-0.3, -0.25) is 0 Å². The summed E-state index contributed by atoms with van der Waals surface area (Å²) in [6.45, 7) is 0. The number of hydrogen-bond donors (Lipinski definition) is 1. The molecule has 0 amide bonds. The first-order valence-electron chi connectivity index (χ1n) is 4.65. The monoisotopic (exact) mass is 211 g/mol. The maximum atomic E-state index is 10.3. The molecule has 1 N–H and O–H groups in total. The van der Waals surface area contributed by atoms with Crippen molar-refractivity contribution in [1.29, 1.82) is 0 Å². The molecular formula is C10H13NO2S. The number of methoxy groups -OCH3 is 1. The van der Waals surface area contributed by atoms with Gasteiger partial charge in [0.25, 0.3) is 5.19 Å². The van der Waals surface area contributed by atoms with Gasteiger partial charge in [0, 0.05) is 5.38 Å². The van der Waals surface area contributed by atoms with E-state index in [-0.39, 0.29) is 0 Å². The molecule has 3 nitrogen and oxygen atoms in total. The highest BCUT2D eigenvalue weighted by atomic mass is 32.1. The summed E-state index contributed by atoms with van der Waals surface area (Å²) < 4.78 is 5.00. The first-order chi connectivity index (χ1) is 6.74. The summed E-state index contributed by atoms with van der Waals surface area (Å²) in [4.78, 5) is 4.22. The molecule has 1 aromatic heterocycles. The van der Waals surface area contributed by atoms with Crippen molar-refractivity contribution >= 4 is 11.3 Å². The number of rotatable bonds is 2. The normalized spacial score (nSPS) is 26.4. The molecule has 0 aromatic carbocycles. The number of thiazole rings is 1. The fourth-order valence-corrected chi connectivity index (χ4v) is 2.33. The van der Waals surface area contributed by atoms with E-state index in [9.17, 15) is 5.11 Å². The molecule has 1 heterocycles. The van der Waals surface area contributed by atoms with E-state index in [1.165, 1.54) is 11.3 Å². The average Bonchev–Trinajstić information content (AvgIpc) is 2.67. The maximum absolute atomic E-state index is 10.3. The molecule has 1 aliphatic carbocycles. The van der Waals surface area contributed by atoms with Gasteiger partial charge in [0.1, 0.15) is 5.60 Å². The average molecular weight is 211 g/mol. The number of aromatic nitrogens is 1. The number of allylic oxidation sites excluding steroid dienone is 1. The van der Waals surface area contributed by atoms with Crippen molar-refractivity contribution in [3.63, 3.8) is 0 Å². The molecule has 0 saturated carbocycles. The van der Waals surface area contributed by atoms with Gasteiger partial charge in [0.15, 0.2) is 0 Å². The lowest BCUT2D eigenvalue weighted by molar-refractivity contribution is 0.0683. The zero-order valence-corrected chi connectivity index (χ0v) is 8.88. The highest BCUT2D eigenvalue weighted by Gasteiger charge is 2.30. The van der Waals surface area contributed by atoms with Crippen LogP contribution in [0.15, 0.2) is 17.5 Å². The van der Waals surface area contributed by atoms with Crippen molar-refractivity contribution in [3.05, 3.63) is 23.2 Å². The summed E-state index contributed by atoms with van der Waals surface area (Å²) in [7, 11) is 1.59. The van der Waals surface area contributed by atoms with Gasteiger partial charge in [0.05, 0.1) is 12.8 Å². The van der Waals surface area contributed by atoms with Gasteiger partial charge in [-0.1, -0.05) is 23.5 Å². The molecule has 0 spiro atoms. The van der Waals surface area contributed by atoms with Crippen LogP contribution in [-0.2, 0) is 5.60 Å². The molecule has 0 fully saturated rings.